The largest absolute Gasteiger partial charge is 1.00 e. The molecule has 0 unspecified atom stereocenters. The number of benzene rings is 1. The molecule has 4 nitrogen and oxygen atoms in total. The molecule has 0 atom stereocenters. The molecule has 0 aromatic heterocycles. The summed E-state index contributed by atoms with van der Waals surface area (Å²) < 4.78 is 28.8. The van der Waals surface area contributed by atoms with Crippen LogP contribution in [-0.2, 0) is 14.3 Å². The second-order valence-electron chi connectivity index (χ2n) is 5.77. The second-order valence-corrected chi connectivity index (χ2v) is 7.39. The molecule has 0 amide bonds. The molecule has 0 spiro atoms. The Morgan fingerprint density at radius 1 is 0.833 bits per heavy atom. The van der Waals surface area contributed by atoms with Crippen LogP contribution in [0.3, 0.4) is 0 Å². The number of hydrogen-bond donors (Lipinski definition) is 1. The van der Waals surface area contributed by atoms with Gasteiger partial charge in [-0.15, -0.1) is 0 Å². The van der Waals surface area contributed by atoms with Gasteiger partial charge in [-0.2, -0.15) is 8.42 Å². The van der Waals surface area contributed by atoms with Crippen molar-refractivity contribution in [2.75, 3.05) is 6.61 Å². The SMILES string of the molecule is CCCCCCCCCCCCOS(=O)(=O)c1ccccc1.N.[H-].[Na+]. The molecule has 0 aliphatic carbocycles. The summed E-state index contributed by atoms with van der Waals surface area (Å²) in [6, 6.07) is 8.33. The number of hydrogen-bond acceptors (Lipinski definition) is 4. The molecule has 0 saturated carbocycles. The van der Waals surface area contributed by atoms with E-state index in [0.29, 0.717) is 0 Å². The van der Waals surface area contributed by atoms with Gasteiger partial charge in [0.15, 0.2) is 0 Å². The summed E-state index contributed by atoms with van der Waals surface area (Å²) in [6.07, 6.45) is 12.3. The third-order valence-corrected chi connectivity index (χ3v) is 5.09. The van der Waals surface area contributed by atoms with E-state index < -0.39 is 10.1 Å². The summed E-state index contributed by atoms with van der Waals surface area (Å²) in [7, 11) is -3.57. The van der Waals surface area contributed by atoms with Crippen LogP contribution in [0.1, 0.15) is 72.6 Å². The average Bonchev–Trinajstić information content (AvgIpc) is 2.53. The Morgan fingerprint density at radius 2 is 1.29 bits per heavy atom. The van der Waals surface area contributed by atoms with Gasteiger partial charge in [-0.05, 0) is 18.6 Å². The zero-order chi connectivity index (χ0) is 16.1. The first-order valence-electron chi connectivity index (χ1n) is 8.61. The molecule has 24 heavy (non-hydrogen) atoms. The average molecular weight is 368 g/mol. The maximum Gasteiger partial charge on any atom is 1.00 e. The van der Waals surface area contributed by atoms with Crippen LogP contribution in [-0.4, -0.2) is 15.0 Å². The zero-order valence-corrected chi connectivity index (χ0v) is 18.3. The van der Waals surface area contributed by atoms with Crippen molar-refractivity contribution < 1.29 is 43.6 Å². The molecule has 0 aliphatic rings. The van der Waals surface area contributed by atoms with Gasteiger partial charge in [0.05, 0.1) is 11.5 Å². The van der Waals surface area contributed by atoms with Crippen LogP contribution in [0.2, 0.25) is 0 Å². The van der Waals surface area contributed by atoms with Gasteiger partial charge in [0, 0.05) is 0 Å². The van der Waals surface area contributed by atoms with Crippen molar-refractivity contribution in [3.8, 4) is 0 Å². The van der Waals surface area contributed by atoms with Crippen molar-refractivity contribution in [2.45, 2.75) is 76.0 Å². The van der Waals surface area contributed by atoms with Crippen LogP contribution in [0.5, 0.6) is 0 Å². The van der Waals surface area contributed by atoms with Crippen molar-refractivity contribution in [3.05, 3.63) is 30.3 Å². The molecule has 6 heteroatoms. The first-order valence-corrected chi connectivity index (χ1v) is 10.0. The summed E-state index contributed by atoms with van der Waals surface area (Å²) in [5.41, 5.74) is 0. The molecule has 0 saturated heterocycles. The van der Waals surface area contributed by atoms with Crippen LogP contribution in [0.25, 0.3) is 0 Å². The maximum atomic E-state index is 11.9. The van der Waals surface area contributed by atoms with E-state index >= 15 is 0 Å². The maximum absolute atomic E-state index is 11.9. The van der Waals surface area contributed by atoms with E-state index in [2.05, 4.69) is 6.92 Å². The topological polar surface area (TPSA) is 78.4 Å². The van der Waals surface area contributed by atoms with E-state index in [1.165, 1.54) is 51.4 Å². The number of rotatable bonds is 13. The standard InChI is InChI=1S/C18H30O3S.H3N.Na.H/c1-2-3-4-5-6-7-8-9-10-14-17-21-22(19,20)18-15-12-11-13-16-18;;;/h11-13,15-16H,2-10,14,17H2,1H3;1H3;;/q;;+1;-1. The van der Waals surface area contributed by atoms with E-state index in [1.54, 1.807) is 30.3 Å². The van der Waals surface area contributed by atoms with Gasteiger partial charge >= 0.3 is 29.6 Å². The normalized spacial score (nSPS) is 10.7. The van der Waals surface area contributed by atoms with Crippen molar-refractivity contribution in [1.82, 2.24) is 6.15 Å². The molecule has 1 aromatic carbocycles. The Labute approximate surface area is 172 Å². The molecule has 0 fully saturated rings. The Kier molecular flexibility index (Phi) is 18.2. The zero-order valence-electron chi connectivity index (χ0n) is 16.5. The molecule has 136 valence electrons. The Hall–Kier alpha value is 0.0900. The first kappa shape index (κ1) is 26.3. The molecular formula is C18H34NNaO3S. The predicted octanol–water partition coefficient (Wildman–Crippen LogP) is 2.59. The van der Waals surface area contributed by atoms with Gasteiger partial charge < -0.3 is 7.58 Å². The van der Waals surface area contributed by atoms with Crippen molar-refractivity contribution in [3.63, 3.8) is 0 Å². The summed E-state index contributed by atoms with van der Waals surface area (Å²) >= 11 is 0. The summed E-state index contributed by atoms with van der Waals surface area (Å²) in [6.45, 7) is 2.52. The van der Waals surface area contributed by atoms with Gasteiger partial charge in [0.1, 0.15) is 0 Å². The molecule has 0 heterocycles. The Balaban J connectivity index is -0.00000161. The second kappa shape index (κ2) is 16.6. The van der Waals surface area contributed by atoms with Crippen LogP contribution in [0.15, 0.2) is 35.2 Å². The minimum Gasteiger partial charge on any atom is -1.00 e. The van der Waals surface area contributed by atoms with Crippen molar-refractivity contribution in [1.29, 1.82) is 0 Å². The van der Waals surface area contributed by atoms with Crippen LogP contribution in [0, 0.1) is 0 Å². The van der Waals surface area contributed by atoms with Gasteiger partial charge in [0.2, 0.25) is 0 Å². The molecule has 0 aliphatic heterocycles. The van der Waals surface area contributed by atoms with Gasteiger partial charge in [-0.25, -0.2) is 0 Å². The molecular weight excluding hydrogens is 333 g/mol. The first-order chi connectivity index (χ1) is 10.7. The van der Waals surface area contributed by atoms with E-state index in [9.17, 15) is 8.42 Å². The Morgan fingerprint density at radius 3 is 1.79 bits per heavy atom. The van der Waals surface area contributed by atoms with Gasteiger partial charge in [0.25, 0.3) is 10.1 Å². The van der Waals surface area contributed by atoms with Crippen molar-refractivity contribution in [2.24, 2.45) is 0 Å². The van der Waals surface area contributed by atoms with Gasteiger partial charge in [-0.1, -0.05) is 82.9 Å². The van der Waals surface area contributed by atoms with E-state index in [4.69, 9.17) is 4.18 Å². The predicted molar refractivity (Wildman–Crippen MR) is 97.6 cm³/mol. The fourth-order valence-corrected chi connectivity index (χ4v) is 3.38. The Bertz CT molecular complexity index is 486. The van der Waals surface area contributed by atoms with Crippen LogP contribution >= 0.6 is 0 Å². The smallest absolute Gasteiger partial charge is 1.00 e. The third-order valence-electron chi connectivity index (χ3n) is 3.77. The van der Waals surface area contributed by atoms with Crippen molar-refractivity contribution >= 4 is 10.1 Å². The molecule has 1 rings (SSSR count). The summed E-state index contributed by atoms with van der Waals surface area (Å²) in [5.74, 6) is 0. The summed E-state index contributed by atoms with van der Waals surface area (Å²) in [5, 5.41) is 0. The van der Waals surface area contributed by atoms with Crippen LogP contribution in [0.4, 0.5) is 0 Å². The molecule has 0 radical (unpaired) electrons. The monoisotopic (exact) mass is 367 g/mol. The minimum atomic E-state index is -3.57. The fourth-order valence-electron chi connectivity index (χ4n) is 2.41. The van der Waals surface area contributed by atoms with Gasteiger partial charge in [-0.3, -0.25) is 4.18 Å². The molecule has 0 bridgehead atoms. The number of unbranched alkanes of at least 4 members (excludes halogenated alkanes) is 9. The molecule has 3 N–H and O–H groups in total. The quantitative estimate of drug-likeness (QED) is 0.330. The fraction of sp³-hybridized carbons (Fsp3) is 0.667. The molecule has 1 aromatic rings. The summed E-state index contributed by atoms with van der Waals surface area (Å²) in [4.78, 5) is 0.238. The minimum absolute atomic E-state index is 0. The van der Waals surface area contributed by atoms with E-state index in [0.717, 1.165) is 12.8 Å². The van der Waals surface area contributed by atoms with E-state index in [1.807, 2.05) is 0 Å². The van der Waals surface area contributed by atoms with E-state index in [-0.39, 0.29) is 48.6 Å². The third kappa shape index (κ3) is 12.5. The van der Waals surface area contributed by atoms with Crippen LogP contribution < -0.4 is 35.7 Å².